The second-order valence-electron chi connectivity index (χ2n) is 4.60. The lowest BCUT2D eigenvalue weighted by Crippen LogP contribution is -2.14. The van der Waals surface area contributed by atoms with Gasteiger partial charge in [0.15, 0.2) is 5.65 Å². The second kappa shape index (κ2) is 4.71. The van der Waals surface area contributed by atoms with Crippen LogP contribution in [0.2, 0.25) is 0 Å². The first kappa shape index (κ1) is 11.9. The molecule has 0 fully saturated rings. The maximum atomic E-state index is 11.8. The number of ether oxygens (including phenoxy) is 1. The largest absolute Gasteiger partial charge is 0.377 e. The van der Waals surface area contributed by atoms with E-state index < -0.39 is 0 Å². The van der Waals surface area contributed by atoms with Gasteiger partial charge in [-0.3, -0.25) is 9.89 Å². The van der Waals surface area contributed by atoms with E-state index in [1.165, 1.54) is 4.52 Å². The van der Waals surface area contributed by atoms with Crippen LogP contribution in [0.25, 0.3) is 5.65 Å². The van der Waals surface area contributed by atoms with Crippen molar-refractivity contribution < 1.29 is 4.74 Å². The summed E-state index contributed by atoms with van der Waals surface area (Å²) in [6.45, 7) is 4.63. The maximum absolute atomic E-state index is 11.8. The number of fused-ring (bicyclic) bond motifs is 1. The SMILES string of the molecule is COCc1nc2cc(CC(C)C)cc(=O)n2[nH]1. The Morgan fingerprint density at radius 1 is 1.47 bits per heavy atom. The first-order valence-corrected chi connectivity index (χ1v) is 5.69. The van der Waals surface area contributed by atoms with Crippen LogP contribution in [-0.2, 0) is 17.8 Å². The molecule has 0 saturated carbocycles. The van der Waals surface area contributed by atoms with Crippen molar-refractivity contribution in [2.45, 2.75) is 26.9 Å². The van der Waals surface area contributed by atoms with Crippen molar-refractivity contribution >= 4 is 5.65 Å². The monoisotopic (exact) mass is 235 g/mol. The number of nitrogens with one attached hydrogen (secondary N) is 1. The summed E-state index contributed by atoms with van der Waals surface area (Å²) >= 11 is 0. The van der Waals surface area contributed by atoms with E-state index in [4.69, 9.17) is 4.74 Å². The zero-order chi connectivity index (χ0) is 12.4. The molecule has 0 atom stereocenters. The quantitative estimate of drug-likeness (QED) is 0.870. The molecule has 0 saturated heterocycles. The van der Waals surface area contributed by atoms with E-state index in [9.17, 15) is 4.79 Å². The Bertz CT molecular complexity index is 569. The van der Waals surface area contributed by atoms with Crippen LogP contribution in [0.1, 0.15) is 25.2 Å². The van der Waals surface area contributed by atoms with E-state index in [0.29, 0.717) is 24.0 Å². The average molecular weight is 235 g/mol. The summed E-state index contributed by atoms with van der Waals surface area (Å²) < 4.78 is 6.43. The molecule has 0 unspecified atom stereocenters. The Morgan fingerprint density at radius 2 is 2.24 bits per heavy atom. The zero-order valence-electron chi connectivity index (χ0n) is 10.4. The summed E-state index contributed by atoms with van der Waals surface area (Å²) in [6.07, 6.45) is 0.887. The van der Waals surface area contributed by atoms with Crippen LogP contribution in [0.5, 0.6) is 0 Å². The Kier molecular flexibility index (Phi) is 3.28. The highest BCUT2D eigenvalue weighted by Crippen LogP contribution is 2.08. The van der Waals surface area contributed by atoms with Crippen molar-refractivity contribution in [1.82, 2.24) is 14.6 Å². The fourth-order valence-corrected chi connectivity index (χ4v) is 1.89. The predicted octanol–water partition coefficient (Wildman–Crippen LogP) is 1.37. The maximum Gasteiger partial charge on any atom is 0.271 e. The summed E-state index contributed by atoms with van der Waals surface area (Å²) in [4.78, 5) is 16.2. The number of aromatic nitrogens is 3. The highest BCUT2D eigenvalue weighted by Gasteiger charge is 2.07. The van der Waals surface area contributed by atoms with Crippen LogP contribution < -0.4 is 5.56 Å². The molecule has 0 amide bonds. The predicted molar refractivity (Wildman–Crippen MR) is 65.1 cm³/mol. The molecule has 0 aromatic carbocycles. The number of H-pyrrole nitrogens is 1. The van der Waals surface area contributed by atoms with Gasteiger partial charge in [-0.15, -0.1) is 0 Å². The molecule has 0 radical (unpaired) electrons. The first-order chi connectivity index (χ1) is 8.10. The van der Waals surface area contributed by atoms with Crippen molar-refractivity contribution in [3.8, 4) is 0 Å². The molecule has 0 aliphatic heterocycles. The molecule has 0 spiro atoms. The zero-order valence-corrected chi connectivity index (χ0v) is 10.4. The minimum Gasteiger partial charge on any atom is -0.377 e. The molecule has 2 rings (SSSR count). The van der Waals surface area contributed by atoms with Gasteiger partial charge in [0, 0.05) is 13.2 Å². The third-order valence-electron chi connectivity index (χ3n) is 2.49. The number of nitrogens with zero attached hydrogens (tertiary/aromatic N) is 2. The van der Waals surface area contributed by atoms with Gasteiger partial charge in [0.25, 0.3) is 5.56 Å². The van der Waals surface area contributed by atoms with Crippen molar-refractivity contribution in [2.24, 2.45) is 5.92 Å². The molecule has 2 aromatic heterocycles. The fraction of sp³-hybridized carbons (Fsp3) is 0.500. The van der Waals surface area contributed by atoms with Crippen molar-refractivity contribution in [3.63, 3.8) is 0 Å². The lowest BCUT2D eigenvalue weighted by atomic mass is 10.0. The third-order valence-corrected chi connectivity index (χ3v) is 2.49. The second-order valence-corrected chi connectivity index (χ2v) is 4.60. The van der Waals surface area contributed by atoms with Crippen molar-refractivity contribution in [1.29, 1.82) is 0 Å². The van der Waals surface area contributed by atoms with E-state index >= 15 is 0 Å². The molecule has 5 nitrogen and oxygen atoms in total. The molecule has 0 bridgehead atoms. The van der Waals surface area contributed by atoms with Gasteiger partial charge in [-0.25, -0.2) is 9.50 Å². The lowest BCUT2D eigenvalue weighted by molar-refractivity contribution is 0.178. The van der Waals surface area contributed by atoms with Gasteiger partial charge < -0.3 is 4.74 Å². The van der Waals surface area contributed by atoms with Crippen molar-refractivity contribution in [3.05, 3.63) is 33.9 Å². The Labute approximate surface area is 99.4 Å². The van der Waals surface area contributed by atoms with Crippen LogP contribution in [0.15, 0.2) is 16.9 Å². The first-order valence-electron chi connectivity index (χ1n) is 5.69. The minimum absolute atomic E-state index is 0.0759. The summed E-state index contributed by atoms with van der Waals surface area (Å²) in [5, 5.41) is 2.91. The molecule has 0 aliphatic rings. The number of hydrogen-bond donors (Lipinski definition) is 1. The third kappa shape index (κ3) is 2.55. The minimum atomic E-state index is -0.0759. The molecule has 2 aromatic rings. The Balaban J connectivity index is 2.45. The topological polar surface area (TPSA) is 59.4 Å². The normalized spacial score (nSPS) is 11.5. The number of pyridine rings is 1. The molecule has 92 valence electrons. The van der Waals surface area contributed by atoms with E-state index in [1.807, 2.05) is 6.07 Å². The van der Waals surface area contributed by atoms with Gasteiger partial charge >= 0.3 is 0 Å². The van der Waals surface area contributed by atoms with Crippen LogP contribution in [0, 0.1) is 5.92 Å². The van der Waals surface area contributed by atoms with E-state index in [-0.39, 0.29) is 5.56 Å². The summed E-state index contributed by atoms with van der Waals surface area (Å²) in [5.74, 6) is 1.18. The standard InChI is InChI=1S/C12H17N3O2/c1-8(2)4-9-5-11-13-10(7-17-3)14-15(11)12(16)6-9/h5-6,8H,4,7H2,1-3H3,(H,13,14). The van der Waals surface area contributed by atoms with E-state index in [2.05, 4.69) is 23.9 Å². The van der Waals surface area contributed by atoms with Gasteiger partial charge in [-0.05, 0) is 24.0 Å². The highest BCUT2D eigenvalue weighted by atomic mass is 16.5. The van der Waals surface area contributed by atoms with Crippen LogP contribution in [-0.4, -0.2) is 21.7 Å². The van der Waals surface area contributed by atoms with Crippen LogP contribution in [0.4, 0.5) is 0 Å². The smallest absolute Gasteiger partial charge is 0.271 e. The number of aromatic amines is 1. The van der Waals surface area contributed by atoms with Crippen molar-refractivity contribution in [2.75, 3.05) is 7.11 Å². The van der Waals surface area contributed by atoms with E-state index in [0.717, 1.165) is 12.0 Å². The molecule has 17 heavy (non-hydrogen) atoms. The average Bonchev–Trinajstić information content (AvgIpc) is 2.60. The Morgan fingerprint density at radius 3 is 2.88 bits per heavy atom. The number of hydrogen-bond acceptors (Lipinski definition) is 3. The Hall–Kier alpha value is -1.62. The molecule has 1 N–H and O–H groups in total. The fourth-order valence-electron chi connectivity index (χ4n) is 1.89. The van der Waals surface area contributed by atoms with Gasteiger partial charge in [0.2, 0.25) is 0 Å². The van der Waals surface area contributed by atoms with E-state index in [1.54, 1.807) is 13.2 Å². The van der Waals surface area contributed by atoms with Gasteiger partial charge in [0.1, 0.15) is 12.4 Å². The van der Waals surface area contributed by atoms with Gasteiger partial charge in [0.05, 0.1) is 0 Å². The van der Waals surface area contributed by atoms with Crippen LogP contribution >= 0.6 is 0 Å². The summed E-state index contributed by atoms with van der Waals surface area (Å²) in [6, 6.07) is 3.60. The highest BCUT2D eigenvalue weighted by molar-refractivity contribution is 5.40. The lowest BCUT2D eigenvalue weighted by Gasteiger charge is -2.03. The molecule has 5 heteroatoms. The van der Waals surface area contributed by atoms with Crippen LogP contribution in [0.3, 0.4) is 0 Å². The molecule has 0 aliphatic carbocycles. The number of rotatable bonds is 4. The summed E-state index contributed by atoms with van der Waals surface area (Å²) in [7, 11) is 1.60. The molecule has 2 heterocycles. The van der Waals surface area contributed by atoms with Gasteiger partial charge in [-0.2, -0.15) is 0 Å². The number of methoxy groups -OCH3 is 1. The molecular formula is C12H17N3O2. The molecular weight excluding hydrogens is 218 g/mol. The van der Waals surface area contributed by atoms with Gasteiger partial charge in [-0.1, -0.05) is 13.8 Å². The summed E-state index contributed by atoms with van der Waals surface area (Å²) in [5.41, 5.74) is 1.61.